The molecule has 2 aliphatic rings. The van der Waals surface area contributed by atoms with Gasteiger partial charge in [-0.1, -0.05) is 25.7 Å². The monoisotopic (exact) mass is 244 g/mol. The van der Waals surface area contributed by atoms with Crippen LogP contribution >= 0.6 is 0 Å². The first-order valence-corrected chi connectivity index (χ1v) is 7.03. The first kappa shape index (κ1) is 13.0. The molecule has 0 aromatic carbocycles. The van der Waals surface area contributed by atoms with Gasteiger partial charge >= 0.3 is 0 Å². The molecule has 0 amide bonds. The lowest BCUT2D eigenvalue weighted by Crippen LogP contribution is -2.36. The van der Waals surface area contributed by atoms with Crippen molar-refractivity contribution in [2.45, 2.75) is 69.4 Å². The van der Waals surface area contributed by atoms with E-state index in [1.807, 2.05) is 0 Å². The van der Waals surface area contributed by atoms with Gasteiger partial charge in [-0.25, -0.2) is 0 Å². The first-order valence-electron chi connectivity index (χ1n) is 7.03. The third kappa shape index (κ3) is 2.70. The SMILES string of the molecule is N#CC1CCCCC1(C#N)N=NC1CCCCC1. The lowest BCUT2D eigenvalue weighted by Gasteiger charge is -2.30. The van der Waals surface area contributed by atoms with Crippen LogP contribution in [0.2, 0.25) is 0 Å². The quantitative estimate of drug-likeness (QED) is 0.694. The molecule has 2 saturated carbocycles. The Balaban J connectivity index is 2.09. The Morgan fingerprint density at radius 1 is 0.944 bits per heavy atom. The topological polar surface area (TPSA) is 72.3 Å². The van der Waals surface area contributed by atoms with Gasteiger partial charge < -0.3 is 0 Å². The Morgan fingerprint density at radius 3 is 2.33 bits per heavy atom. The number of hydrogen-bond donors (Lipinski definition) is 0. The van der Waals surface area contributed by atoms with Crippen LogP contribution in [0.25, 0.3) is 0 Å². The molecule has 0 saturated heterocycles. The second-order valence-electron chi connectivity index (χ2n) is 5.47. The molecule has 2 atom stereocenters. The molecule has 2 aliphatic carbocycles. The Labute approximate surface area is 109 Å². The molecule has 2 rings (SSSR count). The summed E-state index contributed by atoms with van der Waals surface area (Å²) in [6.45, 7) is 0. The molecule has 0 radical (unpaired) electrons. The molecule has 2 unspecified atom stereocenters. The van der Waals surface area contributed by atoms with E-state index >= 15 is 0 Å². The number of azo groups is 1. The predicted octanol–water partition coefficient (Wildman–Crippen LogP) is 3.75. The van der Waals surface area contributed by atoms with Gasteiger partial charge in [0.25, 0.3) is 0 Å². The third-order valence-corrected chi connectivity index (χ3v) is 4.20. The van der Waals surface area contributed by atoms with Crippen molar-refractivity contribution in [2.75, 3.05) is 0 Å². The second kappa shape index (κ2) is 5.96. The summed E-state index contributed by atoms with van der Waals surface area (Å²) in [6.07, 6.45) is 9.37. The number of hydrogen-bond acceptors (Lipinski definition) is 4. The minimum absolute atomic E-state index is 0.274. The highest BCUT2D eigenvalue weighted by molar-refractivity contribution is 5.17. The third-order valence-electron chi connectivity index (χ3n) is 4.20. The summed E-state index contributed by atoms with van der Waals surface area (Å²) < 4.78 is 0. The van der Waals surface area contributed by atoms with Crippen LogP contribution in [0.1, 0.15) is 57.8 Å². The summed E-state index contributed by atoms with van der Waals surface area (Å²) in [5, 5.41) is 27.4. The summed E-state index contributed by atoms with van der Waals surface area (Å²) >= 11 is 0. The summed E-state index contributed by atoms with van der Waals surface area (Å²) in [5.41, 5.74) is -0.857. The summed E-state index contributed by atoms with van der Waals surface area (Å²) in [4.78, 5) is 0. The maximum atomic E-state index is 9.42. The number of rotatable bonds is 2. The van der Waals surface area contributed by atoms with Gasteiger partial charge in [-0.2, -0.15) is 20.8 Å². The Kier molecular flexibility index (Phi) is 4.31. The fraction of sp³-hybridized carbons (Fsp3) is 0.857. The van der Waals surface area contributed by atoms with E-state index in [0.717, 1.165) is 32.1 Å². The molecule has 96 valence electrons. The molecule has 18 heavy (non-hydrogen) atoms. The smallest absolute Gasteiger partial charge is 0.183 e. The zero-order chi connectivity index (χ0) is 12.8. The van der Waals surface area contributed by atoms with E-state index in [2.05, 4.69) is 22.4 Å². The van der Waals surface area contributed by atoms with Gasteiger partial charge in [0.2, 0.25) is 0 Å². The van der Waals surface area contributed by atoms with Gasteiger partial charge in [-0.05, 0) is 32.1 Å². The fourth-order valence-electron chi connectivity index (χ4n) is 2.98. The average molecular weight is 244 g/mol. The van der Waals surface area contributed by atoms with E-state index in [0.29, 0.717) is 6.42 Å². The molecule has 0 aromatic heterocycles. The molecule has 4 nitrogen and oxygen atoms in total. The van der Waals surface area contributed by atoms with Crippen LogP contribution in [0, 0.1) is 28.6 Å². The van der Waals surface area contributed by atoms with E-state index in [1.54, 1.807) is 0 Å². The van der Waals surface area contributed by atoms with Crippen LogP contribution in [-0.2, 0) is 0 Å². The molecule has 4 heteroatoms. The van der Waals surface area contributed by atoms with Crippen molar-refractivity contribution in [1.29, 1.82) is 10.5 Å². The Hall–Kier alpha value is -1.42. The van der Waals surface area contributed by atoms with Crippen molar-refractivity contribution in [2.24, 2.45) is 16.1 Å². The molecule has 0 bridgehead atoms. The highest BCUT2D eigenvalue weighted by Gasteiger charge is 2.42. The minimum Gasteiger partial charge on any atom is -0.198 e. The molecule has 0 spiro atoms. The van der Waals surface area contributed by atoms with Gasteiger partial charge in [0.05, 0.1) is 24.1 Å². The largest absolute Gasteiger partial charge is 0.198 e. The highest BCUT2D eigenvalue weighted by Crippen LogP contribution is 2.37. The normalized spacial score (nSPS) is 34.0. The highest BCUT2D eigenvalue weighted by atomic mass is 15.2. The molecular formula is C14H20N4. The van der Waals surface area contributed by atoms with Crippen molar-refractivity contribution >= 4 is 0 Å². The maximum Gasteiger partial charge on any atom is 0.183 e. The zero-order valence-electron chi connectivity index (χ0n) is 10.8. The standard InChI is InChI=1S/C14H20N4/c15-10-12-6-4-5-9-14(12,11-16)18-17-13-7-2-1-3-8-13/h12-13H,1-9H2. The second-order valence-corrected chi connectivity index (χ2v) is 5.47. The molecule has 2 fully saturated rings. The molecule has 0 heterocycles. The van der Waals surface area contributed by atoms with Crippen LogP contribution in [0.15, 0.2) is 10.2 Å². The van der Waals surface area contributed by atoms with E-state index in [9.17, 15) is 10.5 Å². The first-order chi connectivity index (χ1) is 8.80. The van der Waals surface area contributed by atoms with Crippen molar-refractivity contribution < 1.29 is 0 Å². The number of nitriles is 2. The van der Waals surface area contributed by atoms with Gasteiger partial charge in [0.15, 0.2) is 5.54 Å². The van der Waals surface area contributed by atoms with Crippen LogP contribution in [-0.4, -0.2) is 11.6 Å². The predicted molar refractivity (Wildman–Crippen MR) is 67.6 cm³/mol. The minimum atomic E-state index is -0.857. The summed E-state index contributed by atoms with van der Waals surface area (Å²) in [6, 6.07) is 4.81. The average Bonchev–Trinajstić information content (AvgIpc) is 2.46. The van der Waals surface area contributed by atoms with Crippen molar-refractivity contribution in [1.82, 2.24) is 0 Å². The van der Waals surface area contributed by atoms with E-state index in [4.69, 9.17) is 0 Å². The molecule has 0 N–H and O–H groups in total. The van der Waals surface area contributed by atoms with Gasteiger partial charge in [0, 0.05) is 0 Å². The summed E-state index contributed by atoms with van der Waals surface area (Å²) in [7, 11) is 0. The molecular weight excluding hydrogens is 224 g/mol. The van der Waals surface area contributed by atoms with Gasteiger partial charge in [-0.15, -0.1) is 0 Å². The van der Waals surface area contributed by atoms with E-state index < -0.39 is 5.54 Å². The Bertz CT molecular complexity index is 384. The van der Waals surface area contributed by atoms with E-state index in [1.165, 1.54) is 19.3 Å². The van der Waals surface area contributed by atoms with Crippen molar-refractivity contribution in [3.63, 3.8) is 0 Å². The van der Waals surface area contributed by atoms with Gasteiger partial charge in [0.1, 0.15) is 0 Å². The van der Waals surface area contributed by atoms with Crippen LogP contribution in [0.4, 0.5) is 0 Å². The molecule has 0 aromatic rings. The Morgan fingerprint density at radius 2 is 1.67 bits per heavy atom. The van der Waals surface area contributed by atoms with Crippen molar-refractivity contribution in [3.8, 4) is 12.1 Å². The van der Waals surface area contributed by atoms with E-state index in [-0.39, 0.29) is 12.0 Å². The maximum absolute atomic E-state index is 9.42. The van der Waals surface area contributed by atoms with Gasteiger partial charge in [-0.3, -0.25) is 0 Å². The lowest BCUT2D eigenvalue weighted by molar-refractivity contribution is 0.281. The lowest BCUT2D eigenvalue weighted by atomic mass is 9.75. The van der Waals surface area contributed by atoms with Crippen LogP contribution < -0.4 is 0 Å². The molecule has 0 aliphatic heterocycles. The number of nitrogens with zero attached hydrogens (tertiary/aromatic N) is 4. The van der Waals surface area contributed by atoms with Crippen LogP contribution in [0.5, 0.6) is 0 Å². The summed E-state index contributed by atoms with van der Waals surface area (Å²) in [5.74, 6) is -0.274. The van der Waals surface area contributed by atoms with Crippen LogP contribution in [0.3, 0.4) is 0 Å². The fourth-order valence-corrected chi connectivity index (χ4v) is 2.98. The zero-order valence-corrected chi connectivity index (χ0v) is 10.8. The van der Waals surface area contributed by atoms with Crippen molar-refractivity contribution in [3.05, 3.63) is 0 Å².